The van der Waals surface area contributed by atoms with Crippen LogP contribution in [-0.2, 0) is 18.4 Å². The summed E-state index contributed by atoms with van der Waals surface area (Å²) in [5.41, 5.74) is 1.11. The molecule has 156 valence electrons. The molecule has 1 heterocycles. The zero-order valence-electron chi connectivity index (χ0n) is 17.7. The highest BCUT2D eigenvalue weighted by Crippen LogP contribution is 2.27. The van der Waals surface area contributed by atoms with Crippen LogP contribution in [0.2, 0.25) is 0 Å². The van der Waals surface area contributed by atoms with Gasteiger partial charge in [0.1, 0.15) is 6.54 Å². The number of hydrogen-bond acceptors (Lipinski definition) is 2. The fraction of sp³-hybridized carbons (Fsp3) is 0.727. The summed E-state index contributed by atoms with van der Waals surface area (Å²) in [6, 6.07) is 4.50. The van der Waals surface area contributed by atoms with Crippen molar-refractivity contribution >= 4 is 11.9 Å². The molecule has 2 aliphatic rings. The predicted octanol–water partition coefficient (Wildman–Crippen LogP) is 3.52. The van der Waals surface area contributed by atoms with E-state index in [-0.39, 0.29) is 30.6 Å². The van der Waals surface area contributed by atoms with Crippen molar-refractivity contribution in [2.24, 2.45) is 13.0 Å². The Labute approximate surface area is 169 Å². The van der Waals surface area contributed by atoms with Crippen LogP contribution in [0.1, 0.15) is 64.5 Å². The van der Waals surface area contributed by atoms with E-state index in [1.54, 1.807) is 4.90 Å². The molecule has 0 aliphatic heterocycles. The molecule has 1 aromatic rings. The van der Waals surface area contributed by atoms with E-state index in [0.717, 1.165) is 31.4 Å². The molecule has 0 unspecified atom stereocenters. The topological polar surface area (TPSA) is 57.6 Å². The third-order valence-electron chi connectivity index (χ3n) is 5.83. The van der Waals surface area contributed by atoms with E-state index in [9.17, 15) is 9.59 Å². The van der Waals surface area contributed by atoms with Gasteiger partial charge in [-0.25, -0.2) is 4.79 Å². The van der Waals surface area contributed by atoms with Gasteiger partial charge in [-0.15, -0.1) is 0 Å². The standard InChI is InChI=1S/C22H36N4O2/c1-17(2)14-25(15-20-10-7-13-24(20)3)21(27)16-26(19-11-12-19)22(28)23-18-8-5-4-6-9-18/h7,10,13,17-19H,4-6,8-9,11-12,14-16H2,1-3H3,(H,23,28). The lowest BCUT2D eigenvalue weighted by atomic mass is 9.96. The minimum Gasteiger partial charge on any atom is -0.353 e. The van der Waals surface area contributed by atoms with Crippen LogP contribution in [0.15, 0.2) is 18.3 Å². The summed E-state index contributed by atoms with van der Waals surface area (Å²) in [7, 11) is 2.00. The Morgan fingerprint density at radius 2 is 1.89 bits per heavy atom. The number of nitrogens with one attached hydrogen (secondary N) is 1. The van der Waals surface area contributed by atoms with Gasteiger partial charge in [0.25, 0.3) is 0 Å². The third-order valence-corrected chi connectivity index (χ3v) is 5.83. The van der Waals surface area contributed by atoms with Gasteiger partial charge in [-0.1, -0.05) is 33.1 Å². The second kappa shape index (κ2) is 9.48. The number of nitrogens with zero attached hydrogens (tertiary/aromatic N) is 3. The lowest BCUT2D eigenvalue weighted by molar-refractivity contribution is -0.133. The van der Waals surface area contributed by atoms with Crippen molar-refractivity contribution in [3.05, 3.63) is 24.0 Å². The fourth-order valence-electron chi connectivity index (χ4n) is 4.05. The third kappa shape index (κ3) is 5.76. The number of carbonyl (C=O) groups excluding carboxylic acids is 2. The minimum absolute atomic E-state index is 0.0422. The molecule has 6 nitrogen and oxygen atoms in total. The molecule has 2 aliphatic carbocycles. The summed E-state index contributed by atoms with van der Waals surface area (Å²) in [5, 5.41) is 3.19. The highest BCUT2D eigenvalue weighted by atomic mass is 16.2. The van der Waals surface area contributed by atoms with Gasteiger partial charge < -0.3 is 19.7 Å². The highest BCUT2D eigenvalue weighted by Gasteiger charge is 2.35. The van der Waals surface area contributed by atoms with E-state index in [1.807, 2.05) is 24.2 Å². The van der Waals surface area contributed by atoms with Crippen molar-refractivity contribution in [2.75, 3.05) is 13.1 Å². The van der Waals surface area contributed by atoms with Gasteiger partial charge in [-0.05, 0) is 43.7 Å². The van der Waals surface area contributed by atoms with Crippen molar-refractivity contribution in [1.29, 1.82) is 0 Å². The monoisotopic (exact) mass is 388 g/mol. The molecule has 0 radical (unpaired) electrons. The predicted molar refractivity (Wildman–Crippen MR) is 111 cm³/mol. The second-order valence-corrected chi connectivity index (χ2v) is 8.92. The smallest absolute Gasteiger partial charge is 0.318 e. The van der Waals surface area contributed by atoms with Crippen molar-refractivity contribution in [3.63, 3.8) is 0 Å². The summed E-state index contributed by atoms with van der Waals surface area (Å²) < 4.78 is 2.05. The van der Waals surface area contributed by atoms with Crippen LogP contribution in [0.5, 0.6) is 0 Å². The molecule has 3 rings (SSSR count). The molecule has 0 spiro atoms. The average Bonchev–Trinajstić information content (AvgIpc) is 3.42. The van der Waals surface area contributed by atoms with Crippen LogP contribution in [0, 0.1) is 5.92 Å². The molecule has 1 N–H and O–H groups in total. The first kappa shape index (κ1) is 20.7. The number of carbonyl (C=O) groups is 2. The van der Waals surface area contributed by atoms with Crippen LogP contribution in [0.4, 0.5) is 4.79 Å². The lowest BCUT2D eigenvalue weighted by Crippen LogP contribution is -2.50. The number of amides is 3. The van der Waals surface area contributed by atoms with Gasteiger partial charge in [-0.2, -0.15) is 0 Å². The first-order valence-electron chi connectivity index (χ1n) is 10.9. The minimum atomic E-state index is -0.0499. The Balaban J connectivity index is 1.63. The van der Waals surface area contributed by atoms with E-state index in [4.69, 9.17) is 0 Å². The van der Waals surface area contributed by atoms with Crippen molar-refractivity contribution in [1.82, 2.24) is 19.7 Å². The van der Waals surface area contributed by atoms with Gasteiger partial charge in [0, 0.05) is 37.6 Å². The van der Waals surface area contributed by atoms with E-state index in [2.05, 4.69) is 29.8 Å². The zero-order valence-corrected chi connectivity index (χ0v) is 17.7. The van der Waals surface area contributed by atoms with Gasteiger partial charge in [-0.3, -0.25) is 4.79 Å². The van der Waals surface area contributed by atoms with Crippen LogP contribution in [-0.4, -0.2) is 51.5 Å². The molecule has 3 amide bonds. The lowest BCUT2D eigenvalue weighted by Gasteiger charge is -2.31. The number of rotatable bonds is 8. The van der Waals surface area contributed by atoms with Gasteiger partial charge >= 0.3 is 6.03 Å². The molecular weight excluding hydrogens is 352 g/mol. The van der Waals surface area contributed by atoms with Crippen molar-refractivity contribution < 1.29 is 9.59 Å². The van der Waals surface area contributed by atoms with Gasteiger partial charge in [0.15, 0.2) is 0 Å². The first-order valence-corrected chi connectivity index (χ1v) is 10.9. The Morgan fingerprint density at radius 3 is 2.46 bits per heavy atom. The fourth-order valence-corrected chi connectivity index (χ4v) is 4.05. The van der Waals surface area contributed by atoms with E-state index in [1.165, 1.54) is 19.3 Å². The number of aryl methyl sites for hydroxylation is 1. The second-order valence-electron chi connectivity index (χ2n) is 8.92. The largest absolute Gasteiger partial charge is 0.353 e. The van der Waals surface area contributed by atoms with E-state index < -0.39 is 0 Å². The first-order chi connectivity index (χ1) is 13.4. The van der Waals surface area contributed by atoms with Crippen LogP contribution in [0.25, 0.3) is 0 Å². The SMILES string of the molecule is CC(C)CN(Cc1cccn1C)C(=O)CN(C(=O)NC1CCCCC1)C1CC1. The molecule has 0 bridgehead atoms. The maximum absolute atomic E-state index is 13.2. The van der Waals surface area contributed by atoms with Crippen LogP contribution >= 0.6 is 0 Å². The maximum Gasteiger partial charge on any atom is 0.318 e. The summed E-state index contributed by atoms with van der Waals surface area (Å²) in [6.07, 6.45) is 9.78. The Hall–Kier alpha value is -1.98. The highest BCUT2D eigenvalue weighted by molar-refractivity contribution is 5.84. The number of aromatic nitrogens is 1. The summed E-state index contributed by atoms with van der Waals surface area (Å²) in [5.74, 6) is 0.426. The molecule has 28 heavy (non-hydrogen) atoms. The molecule has 2 fully saturated rings. The van der Waals surface area contributed by atoms with Crippen LogP contribution in [0.3, 0.4) is 0 Å². The Morgan fingerprint density at radius 1 is 1.18 bits per heavy atom. The number of urea groups is 1. The molecule has 0 saturated heterocycles. The summed E-state index contributed by atoms with van der Waals surface area (Å²) in [6.45, 7) is 5.72. The Kier molecular flexibility index (Phi) is 7.03. The van der Waals surface area contributed by atoms with Gasteiger partial charge in [0.05, 0.1) is 6.54 Å². The zero-order chi connectivity index (χ0) is 20.1. The molecule has 6 heteroatoms. The summed E-state index contributed by atoms with van der Waals surface area (Å²) in [4.78, 5) is 29.7. The molecule has 1 aromatic heterocycles. The molecule has 2 saturated carbocycles. The maximum atomic E-state index is 13.2. The number of hydrogen-bond donors (Lipinski definition) is 1. The molecular formula is C22H36N4O2. The summed E-state index contributed by atoms with van der Waals surface area (Å²) >= 11 is 0. The quantitative estimate of drug-likeness (QED) is 0.741. The average molecular weight is 389 g/mol. The van der Waals surface area contributed by atoms with E-state index >= 15 is 0 Å². The molecule has 0 aromatic carbocycles. The van der Waals surface area contributed by atoms with Crippen molar-refractivity contribution in [2.45, 2.75) is 77.4 Å². The van der Waals surface area contributed by atoms with Crippen LogP contribution < -0.4 is 5.32 Å². The Bertz CT molecular complexity index is 659. The normalized spacial score (nSPS) is 17.6. The van der Waals surface area contributed by atoms with E-state index in [0.29, 0.717) is 19.0 Å². The van der Waals surface area contributed by atoms with Crippen molar-refractivity contribution in [3.8, 4) is 0 Å². The molecule has 0 atom stereocenters. The van der Waals surface area contributed by atoms with Gasteiger partial charge in [0.2, 0.25) is 5.91 Å².